The summed E-state index contributed by atoms with van der Waals surface area (Å²) in [4.78, 5) is 37.8. The third-order valence-corrected chi connectivity index (χ3v) is 3.18. The van der Waals surface area contributed by atoms with Crippen LogP contribution in [-0.4, -0.2) is 23.2 Å². The van der Waals surface area contributed by atoms with E-state index < -0.39 is 22.6 Å². The number of methoxy groups -OCH3 is 1. The van der Waals surface area contributed by atoms with E-state index in [1.54, 1.807) is 18.2 Å². The van der Waals surface area contributed by atoms with Gasteiger partial charge in [0.05, 0.1) is 12.5 Å². The van der Waals surface area contributed by atoms with Crippen molar-refractivity contribution in [2.45, 2.75) is 0 Å². The number of H-pyrrole nitrogens is 1. The Balaban J connectivity index is 2.65. The van der Waals surface area contributed by atoms with Crippen molar-refractivity contribution in [1.29, 1.82) is 0 Å². The molecule has 3 rings (SSSR count). The molecule has 0 amide bonds. The minimum Gasteiger partial charge on any atom is -0.493 e. The van der Waals surface area contributed by atoms with E-state index >= 15 is 0 Å². The van der Waals surface area contributed by atoms with Crippen LogP contribution in [0.4, 0.5) is 0 Å². The van der Waals surface area contributed by atoms with Crippen molar-refractivity contribution >= 4 is 27.8 Å². The van der Waals surface area contributed by atoms with Crippen LogP contribution in [0, 0.1) is 0 Å². The van der Waals surface area contributed by atoms with E-state index in [2.05, 4.69) is 4.98 Å². The Morgan fingerprint density at radius 2 is 2.10 bits per heavy atom. The molecule has 0 saturated heterocycles. The summed E-state index contributed by atoms with van der Waals surface area (Å²) in [6, 6.07) is 4.75. The first-order valence-electron chi connectivity index (χ1n) is 5.93. The van der Waals surface area contributed by atoms with Crippen molar-refractivity contribution in [3.05, 3.63) is 50.6 Å². The molecule has 106 valence electrons. The highest BCUT2D eigenvalue weighted by atomic mass is 16.5. The van der Waals surface area contributed by atoms with Crippen LogP contribution in [0.5, 0.6) is 5.75 Å². The van der Waals surface area contributed by atoms with Crippen molar-refractivity contribution in [2.24, 2.45) is 0 Å². The van der Waals surface area contributed by atoms with E-state index in [0.717, 1.165) is 6.20 Å². The van der Waals surface area contributed by atoms with Crippen LogP contribution in [-0.2, 0) is 0 Å². The van der Waals surface area contributed by atoms with Gasteiger partial charge < -0.3 is 19.2 Å². The zero-order chi connectivity index (χ0) is 15.1. The first-order valence-corrected chi connectivity index (χ1v) is 5.93. The monoisotopic (exact) mass is 287 g/mol. The van der Waals surface area contributed by atoms with Crippen molar-refractivity contribution < 1.29 is 19.1 Å². The van der Waals surface area contributed by atoms with E-state index in [1.807, 2.05) is 0 Å². The molecule has 1 aromatic carbocycles. The van der Waals surface area contributed by atoms with Crippen LogP contribution >= 0.6 is 0 Å². The molecule has 7 heteroatoms. The van der Waals surface area contributed by atoms with Crippen LogP contribution < -0.4 is 15.8 Å². The summed E-state index contributed by atoms with van der Waals surface area (Å²) in [5.74, 6) is -1.09. The van der Waals surface area contributed by atoms with Gasteiger partial charge in [0, 0.05) is 11.6 Å². The summed E-state index contributed by atoms with van der Waals surface area (Å²) in [7, 11) is 1.40. The zero-order valence-corrected chi connectivity index (χ0v) is 10.8. The molecule has 0 radical (unpaired) electrons. The summed E-state index contributed by atoms with van der Waals surface area (Å²) >= 11 is 0. The second kappa shape index (κ2) is 4.48. The quantitative estimate of drug-likeness (QED) is 0.543. The number of ether oxygens (including phenoxy) is 1. The molecule has 0 unspecified atom stereocenters. The molecule has 0 bridgehead atoms. The Bertz CT molecular complexity index is 998. The van der Waals surface area contributed by atoms with Gasteiger partial charge in [-0.2, -0.15) is 0 Å². The van der Waals surface area contributed by atoms with Crippen molar-refractivity contribution in [3.8, 4) is 5.75 Å². The molecule has 0 atom stereocenters. The van der Waals surface area contributed by atoms with Gasteiger partial charge in [-0.05, 0) is 6.07 Å². The lowest BCUT2D eigenvalue weighted by Crippen LogP contribution is -2.18. The normalized spacial score (nSPS) is 10.9. The molecule has 2 aromatic heterocycles. The number of hydrogen-bond acceptors (Lipinski definition) is 5. The highest BCUT2D eigenvalue weighted by Crippen LogP contribution is 2.27. The maximum absolute atomic E-state index is 12.3. The van der Waals surface area contributed by atoms with Gasteiger partial charge in [0.25, 0.3) is 0 Å². The molecular formula is C14H9NO6. The summed E-state index contributed by atoms with van der Waals surface area (Å²) in [6.45, 7) is 0. The Morgan fingerprint density at radius 1 is 1.33 bits per heavy atom. The fourth-order valence-corrected chi connectivity index (χ4v) is 2.23. The predicted octanol–water partition coefficient (Wildman–Crippen LogP) is 1.34. The molecule has 0 aliphatic carbocycles. The summed E-state index contributed by atoms with van der Waals surface area (Å²) in [5.41, 5.74) is -1.94. The largest absolute Gasteiger partial charge is 0.493 e. The van der Waals surface area contributed by atoms with Gasteiger partial charge in [-0.3, -0.25) is 4.79 Å². The molecule has 3 aromatic rings. The van der Waals surface area contributed by atoms with Gasteiger partial charge in [0.2, 0.25) is 5.43 Å². The topological polar surface area (TPSA) is 110 Å². The molecule has 2 heterocycles. The van der Waals surface area contributed by atoms with Gasteiger partial charge in [0.15, 0.2) is 11.3 Å². The first-order chi connectivity index (χ1) is 10.0. The van der Waals surface area contributed by atoms with Gasteiger partial charge >= 0.3 is 11.6 Å². The maximum atomic E-state index is 12.3. The minimum atomic E-state index is -1.37. The van der Waals surface area contributed by atoms with Crippen LogP contribution in [0.1, 0.15) is 10.4 Å². The molecule has 21 heavy (non-hydrogen) atoms. The lowest BCUT2D eigenvalue weighted by molar-refractivity contribution is 0.0695. The molecule has 2 N–H and O–H groups in total. The molecule has 0 saturated carbocycles. The van der Waals surface area contributed by atoms with Gasteiger partial charge in [-0.25, -0.2) is 9.59 Å². The zero-order valence-electron chi connectivity index (χ0n) is 10.8. The number of aromatic nitrogens is 1. The molecule has 0 aliphatic heterocycles. The average molecular weight is 287 g/mol. The Kier molecular flexibility index (Phi) is 2.76. The number of pyridine rings is 1. The van der Waals surface area contributed by atoms with Crippen LogP contribution in [0.25, 0.3) is 21.9 Å². The first kappa shape index (κ1) is 12.9. The van der Waals surface area contributed by atoms with Crippen LogP contribution in [0.2, 0.25) is 0 Å². The number of carboxylic acid groups (broad SMARTS) is 1. The van der Waals surface area contributed by atoms with Crippen LogP contribution in [0.15, 0.2) is 38.4 Å². The third-order valence-electron chi connectivity index (χ3n) is 3.18. The number of para-hydroxylation sites is 1. The van der Waals surface area contributed by atoms with Crippen molar-refractivity contribution in [2.75, 3.05) is 7.11 Å². The summed E-state index contributed by atoms with van der Waals surface area (Å²) < 4.78 is 10.2. The fourth-order valence-electron chi connectivity index (χ4n) is 2.23. The number of rotatable bonds is 2. The predicted molar refractivity (Wildman–Crippen MR) is 74.1 cm³/mol. The molecule has 0 aliphatic rings. The SMILES string of the molecule is COc1cccc2c1oc(=O)c1[nH]cc(C(=O)O)c(=O)c12. The smallest absolute Gasteiger partial charge is 0.361 e. The van der Waals surface area contributed by atoms with E-state index in [9.17, 15) is 14.4 Å². The number of benzene rings is 1. The number of aromatic amines is 1. The molecule has 0 fully saturated rings. The van der Waals surface area contributed by atoms with Crippen molar-refractivity contribution in [1.82, 2.24) is 4.98 Å². The average Bonchev–Trinajstić information content (AvgIpc) is 2.46. The van der Waals surface area contributed by atoms with E-state index in [1.165, 1.54) is 7.11 Å². The lowest BCUT2D eigenvalue weighted by atomic mass is 10.1. The van der Waals surface area contributed by atoms with Gasteiger partial charge in [-0.1, -0.05) is 12.1 Å². The molecule has 0 spiro atoms. The lowest BCUT2D eigenvalue weighted by Gasteiger charge is -2.06. The van der Waals surface area contributed by atoms with E-state index in [4.69, 9.17) is 14.3 Å². The number of aromatic carboxylic acids is 1. The Hall–Kier alpha value is -3.09. The minimum absolute atomic E-state index is 0.0277. The van der Waals surface area contributed by atoms with Crippen molar-refractivity contribution in [3.63, 3.8) is 0 Å². The second-order valence-corrected chi connectivity index (χ2v) is 4.31. The summed E-state index contributed by atoms with van der Waals surface area (Å²) in [6.07, 6.45) is 0.982. The molecular weight excluding hydrogens is 278 g/mol. The van der Waals surface area contributed by atoms with Crippen LogP contribution in [0.3, 0.4) is 0 Å². The number of carbonyl (C=O) groups is 1. The third kappa shape index (κ3) is 1.78. The Labute approximate surface area is 116 Å². The van der Waals surface area contributed by atoms with Gasteiger partial charge in [-0.15, -0.1) is 0 Å². The number of carboxylic acids is 1. The van der Waals surface area contributed by atoms with E-state index in [-0.39, 0.29) is 22.2 Å². The highest BCUT2D eigenvalue weighted by Gasteiger charge is 2.18. The molecule has 7 nitrogen and oxygen atoms in total. The second-order valence-electron chi connectivity index (χ2n) is 4.31. The maximum Gasteiger partial charge on any atom is 0.361 e. The number of fused-ring (bicyclic) bond motifs is 3. The fraction of sp³-hybridized carbons (Fsp3) is 0.0714. The number of hydrogen-bond donors (Lipinski definition) is 2. The Morgan fingerprint density at radius 3 is 2.76 bits per heavy atom. The summed E-state index contributed by atoms with van der Waals surface area (Å²) in [5, 5.41) is 9.31. The van der Waals surface area contributed by atoms with Gasteiger partial charge in [0.1, 0.15) is 11.1 Å². The highest BCUT2D eigenvalue weighted by molar-refractivity contribution is 6.06. The van der Waals surface area contributed by atoms with E-state index in [0.29, 0.717) is 5.39 Å². The number of nitrogens with one attached hydrogen (secondary N) is 1. The standard InChI is InChI=1S/C14H9NO6/c1-20-8-4-2-3-6-9-10(14(19)21-12(6)8)15-5-7(11(9)16)13(17)18/h2-5H,1H3,(H,15,16)(H,17,18).